The summed E-state index contributed by atoms with van der Waals surface area (Å²) >= 11 is 0. The van der Waals surface area contributed by atoms with Crippen LogP contribution >= 0.6 is 0 Å². The van der Waals surface area contributed by atoms with Crippen LogP contribution in [0.2, 0.25) is 26.2 Å². The second-order valence-electron chi connectivity index (χ2n) is 10.5. The van der Waals surface area contributed by atoms with Crippen molar-refractivity contribution in [2.45, 2.75) is 53.9 Å². The molecule has 0 saturated carbocycles. The normalized spacial score (nSPS) is 11.3. The molecule has 0 aliphatic carbocycles. The van der Waals surface area contributed by atoms with Gasteiger partial charge in [0.15, 0.2) is 0 Å². The van der Waals surface area contributed by atoms with Crippen LogP contribution in [-0.2, 0) is 4.12 Å². The lowest BCUT2D eigenvalue weighted by Crippen LogP contribution is -2.51. The van der Waals surface area contributed by atoms with Gasteiger partial charge in [0, 0.05) is 0 Å². The summed E-state index contributed by atoms with van der Waals surface area (Å²) in [6.45, 7) is 16.8. The molecule has 0 bridgehead atoms. The van der Waals surface area contributed by atoms with Gasteiger partial charge in [0.1, 0.15) is 24.0 Å². The van der Waals surface area contributed by atoms with Gasteiger partial charge in [0.2, 0.25) is 16.6 Å². The van der Waals surface area contributed by atoms with Gasteiger partial charge >= 0.3 is 5.97 Å². The number of benzene rings is 3. The van der Waals surface area contributed by atoms with Crippen LogP contribution in [0.3, 0.4) is 0 Å². The van der Waals surface area contributed by atoms with Crippen molar-refractivity contribution in [1.82, 2.24) is 0 Å². The highest BCUT2D eigenvalue weighted by molar-refractivity contribution is 6.84. The standard InChI is InChI=1S/C20H30O3Si2.C9H10O2/c1-17-7-11-19(12-8-17)21-15-24(3,4)23-25(5,6)16-22-20-13-9-18(2)10-14-20;1-6-3-7(2)5-8(4-6)9(10)11/h7-14H,15-16H2,1-6H3;3-5H,1-2H3,(H,10,11). The Morgan fingerprint density at radius 2 is 1.00 bits per heavy atom. The quantitative estimate of drug-likeness (QED) is 0.298. The topological polar surface area (TPSA) is 65.0 Å². The summed E-state index contributed by atoms with van der Waals surface area (Å²) in [5, 5.41) is 8.63. The summed E-state index contributed by atoms with van der Waals surface area (Å²) in [6, 6.07) is 21.6. The Labute approximate surface area is 218 Å². The Balaban J connectivity index is 0.000000346. The number of aryl methyl sites for hydroxylation is 4. The van der Waals surface area contributed by atoms with Crippen LogP contribution in [0, 0.1) is 27.7 Å². The van der Waals surface area contributed by atoms with E-state index in [1.54, 1.807) is 12.1 Å². The van der Waals surface area contributed by atoms with E-state index in [0.717, 1.165) is 22.6 Å². The lowest BCUT2D eigenvalue weighted by Gasteiger charge is -2.33. The van der Waals surface area contributed by atoms with Gasteiger partial charge in [-0.3, -0.25) is 0 Å². The van der Waals surface area contributed by atoms with E-state index in [2.05, 4.69) is 64.3 Å². The lowest BCUT2D eigenvalue weighted by molar-refractivity contribution is 0.0696. The van der Waals surface area contributed by atoms with Crippen molar-refractivity contribution in [1.29, 1.82) is 0 Å². The molecule has 0 fully saturated rings. The third kappa shape index (κ3) is 10.8. The smallest absolute Gasteiger partial charge is 0.335 e. The molecule has 0 radical (unpaired) electrons. The van der Waals surface area contributed by atoms with Gasteiger partial charge in [0.25, 0.3) is 0 Å². The van der Waals surface area contributed by atoms with Gasteiger partial charge in [-0.2, -0.15) is 0 Å². The number of ether oxygens (including phenoxy) is 2. The Kier molecular flexibility index (Phi) is 10.5. The lowest BCUT2D eigenvalue weighted by atomic mass is 10.1. The highest BCUT2D eigenvalue weighted by Gasteiger charge is 2.34. The van der Waals surface area contributed by atoms with Crippen LogP contribution in [0.1, 0.15) is 32.6 Å². The second-order valence-corrected chi connectivity index (χ2v) is 18.9. The summed E-state index contributed by atoms with van der Waals surface area (Å²) in [7, 11) is -3.85. The third-order valence-corrected chi connectivity index (χ3v) is 11.3. The minimum Gasteiger partial charge on any atom is -0.494 e. The van der Waals surface area contributed by atoms with Crippen LogP contribution in [0.15, 0.2) is 66.7 Å². The van der Waals surface area contributed by atoms with Crippen molar-refractivity contribution in [3.63, 3.8) is 0 Å². The largest absolute Gasteiger partial charge is 0.494 e. The molecule has 0 heterocycles. The van der Waals surface area contributed by atoms with Crippen molar-refractivity contribution in [2.75, 3.05) is 12.5 Å². The molecule has 0 unspecified atom stereocenters. The van der Waals surface area contributed by atoms with E-state index in [1.165, 1.54) is 11.1 Å². The van der Waals surface area contributed by atoms with Gasteiger partial charge in [-0.05, 0) is 90.3 Å². The average Bonchev–Trinajstić information content (AvgIpc) is 2.77. The van der Waals surface area contributed by atoms with Crippen molar-refractivity contribution in [3.05, 3.63) is 94.5 Å². The van der Waals surface area contributed by atoms with Gasteiger partial charge in [-0.15, -0.1) is 0 Å². The maximum atomic E-state index is 10.5. The van der Waals surface area contributed by atoms with Crippen LogP contribution in [0.25, 0.3) is 0 Å². The minimum atomic E-state index is -1.92. The molecule has 0 saturated heterocycles. The molecular weight excluding hydrogens is 484 g/mol. The molecule has 0 aromatic heterocycles. The molecule has 3 rings (SSSR count). The second kappa shape index (κ2) is 12.9. The molecule has 0 aliphatic heterocycles. The predicted molar refractivity (Wildman–Crippen MR) is 152 cm³/mol. The Bertz CT molecular complexity index is 1040. The van der Waals surface area contributed by atoms with E-state index in [1.807, 2.05) is 44.2 Å². The molecule has 7 heteroatoms. The summed E-state index contributed by atoms with van der Waals surface area (Å²) in [5.41, 5.74) is 4.82. The first-order valence-corrected chi connectivity index (χ1v) is 18.4. The fourth-order valence-corrected chi connectivity index (χ4v) is 11.2. The average molecular weight is 525 g/mol. The molecular formula is C29H40O5Si2. The zero-order valence-electron chi connectivity index (χ0n) is 22.8. The van der Waals surface area contributed by atoms with Gasteiger partial charge in [0.05, 0.1) is 5.56 Å². The Morgan fingerprint density at radius 3 is 1.33 bits per heavy atom. The fraction of sp³-hybridized carbons (Fsp3) is 0.345. The summed E-state index contributed by atoms with van der Waals surface area (Å²) < 4.78 is 18.5. The summed E-state index contributed by atoms with van der Waals surface area (Å²) in [5.74, 6) is 0.951. The third-order valence-electron chi connectivity index (χ3n) is 5.24. The Morgan fingerprint density at radius 1 is 0.639 bits per heavy atom. The van der Waals surface area contributed by atoms with Crippen molar-refractivity contribution in [2.24, 2.45) is 0 Å². The SMILES string of the molecule is Cc1cc(C)cc(C(=O)O)c1.Cc1ccc(OC[Si](C)(C)O[Si](C)(C)COc2ccc(C)cc2)cc1. The molecule has 0 amide bonds. The zero-order chi connectivity index (χ0) is 26.9. The van der Waals surface area contributed by atoms with Crippen LogP contribution in [-0.4, -0.2) is 40.2 Å². The number of carbonyl (C=O) groups is 1. The summed E-state index contributed by atoms with van der Waals surface area (Å²) in [6.07, 6.45) is 1.30. The maximum Gasteiger partial charge on any atom is 0.335 e. The number of rotatable bonds is 9. The van der Waals surface area contributed by atoms with Gasteiger partial charge < -0.3 is 18.7 Å². The first kappa shape index (κ1) is 29.4. The first-order chi connectivity index (χ1) is 16.7. The van der Waals surface area contributed by atoms with Crippen molar-refractivity contribution in [3.8, 4) is 11.5 Å². The van der Waals surface area contributed by atoms with E-state index in [0.29, 0.717) is 18.0 Å². The molecule has 1 N–H and O–H groups in total. The van der Waals surface area contributed by atoms with E-state index in [-0.39, 0.29) is 0 Å². The minimum absolute atomic E-state index is 0.363. The monoisotopic (exact) mass is 524 g/mol. The molecule has 5 nitrogen and oxygen atoms in total. The predicted octanol–water partition coefficient (Wildman–Crippen LogP) is 7.27. The van der Waals surface area contributed by atoms with E-state index < -0.39 is 22.6 Å². The number of carboxylic acids is 1. The molecule has 36 heavy (non-hydrogen) atoms. The fourth-order valence-electron chi connectivity index (χ4n) is 3.69. The molecule has 3 aromatic rings. The molecule has 194 valence electrons. The maximum absolute atomic E-state index is 10.5. The van der Waals surface area contributed by atoms with E-state index in [9.17, 15) is 4.79 Å². The van der Waals surface area contributed by atoms with Gasteiger partial charge in [-0.25, -0.2) is 4.79 Å². The molecule has 3 aromatic carbocycles. The van der Waals surface area contributed by atoms with Crippen LogP contribution in [0.4, 0.5) is 0 Å². The van der Waals surface area contributed by atoms with Crippen molar-refractivity contribution < 1.29 is 23.5 Å². The van der Waals surface area contributed by atoms with Gasteiger partial charge in [-0.1, -0.05) is 52.6 Å². The van der Waals surface area contributed by atoms with Crippen molar-refractivity contribution >= 4 is 22.6 Å². The van der Waals surface area contributed by atoms with E-state index in [4.69, 9.17) is 18.7 Å². The van der Waals surface area contributed by atoms with Crippen LogP contribution < -0.4 is 9.47 Å². The highest BCUT2D eigenvalue weighted by atomic mass is 28.4. The highest BCUT2D eigenvalue weighted by Crippen LogP contribution is 2.20. The number of hydrogen-bond donors (Lipinski definition) is 1. The first-order valence-electron chi connectivity index (χ1n) is 12.2. The molecule has 0 atom stereocenters. The zero-order valence-corrected chi connectivity index (χ0v) is 24.8. The number of carboxylic acid groups (broad SMARTS) is 1. The van der Waals surface area contributed by atoms with Crippen LogP contribution in [0.5, 0.6) is 11.5 Å². The number of hydrogen-bond acceptors (Lipinski definition) is 4. The van der Waals surface area contributed by atoms with E-state index >= 15 is 0 Å². The molecule has 0 spiro atoms. The summed E-state index contributed by atoms with van der Waals surface area (Å²) in [4.78, 5) is 10.5. The molecule has 0 aliphatic rings. The Hall–Kier alpha value is -2.88. The number of aromatic carboxylic acids is 1.